The average molecular weight is 472 g/mol. The first-order valence-corrected chi connectivity index (χ1v) is 11.4. The molecule has 2 aliphatic heterocycles. The maximum atomic E-state index is 13.5. The van der Waals surface area contributed by atoms with Crippen molar-refractivity contribution >= 4 is 11.6 Å². The van der Waals surface area contributed by atoms with Crippen LogP contribution in [0.1, 0.15) is 39.9 Å². The van der Waals surface area contributed by atoms with Crippen LogP contribution in [0.15, 0.2) is 42.5 Å². The van der Waals surface area contributed by atoms with Crippen molar-refractivity contribution in [2.45, 2.75) is 25.9 Å². The zero-order valence-electron chi connectivity index (χ0n) is 19.4. The van der Waals surface area contributed by atoms with Gasteiger partial charge < -0.3 is 14.5 Å². The van der Waals surface area contributed by atoms with Gasteiger partial charge in [0.1, 0.15) is 0 Å². The topological polar surface area (TPSA) is 56.6 Å². The van der Waals surface area contributed by atoms with Crippen LogP contribution in [0, 0.1) is 29.6 Å². The maximum Gasteiger partial charge on any atom is 0.417 e. The van der Waals surface area contributed by atoms with Gasteiger partial charge in [-0.2, -0.15) is 18.4 Å². The minimum Gasteiger partial charge on any atom is -0.384 e. The second-order valence-electron chi connectivity index (χ2n) is 9.39. The molecule has 0 N–H and O–H groups in total. The number of piperidine rings is 1. The van der Waals surface area contributed by atoms with Gasteiger partial charge in [-0.05, 0) is 55.5 Å². The molecule has 0 aromatic heterocycles. The molecule has 2 heterocycles. The van der Waals surface area contributed by atoms with E-state index in [0.29, 0.717) is 44.0 Å². The number of alkyl halides is 3. The van der Waals surface area contributed by atoms with E-state index in [1.807, 2.05) is 41.0 Å². The first-order valence-electron chi connectivity index (χ1n) is 11.4. The van der Waals surface area contributed by atoms with Crippen LogP contribution in [0.5, 0.6) is 0 Å². The molecule has 2 aliphatic rings. The van der Waals surface area contributed by atoms with E-state index in [1.54, 1.807) is 19.2 Å². The number of hydrogen-bond donors (Lipinski definition) is 0. The highest BCUT2D eigenvalue weighted by molar-refractivity contribution is 5.94. The number of amides is 1. The first kappa shape index (κ1) is 24.1. The van der Waals surface area contributed by atoms with Gasteiger partial charge in [-0.1, -0.05) is 17.7 Å². The smallest absolute Gasteiger partial charge is 0.384 e. The predicted molar refractivity (Wildman–Crippen MR) is 122 cm³/mol. The Kier molecular flexibility index (Phi) is 6.59. The van der Waals surface area contributed by atoms with E-state index in [0.717, 1.165) is 24.5 Å². The van der Waals surface area contributed by atoms with Gasteiger partial charge in [0, 0.05) is 50.5 Å². The molecule has 0 radical (unpaired) electrons. The highest BCUT2D eigenvalue weighted by Gasteiger charge is 2.49. The zero-order chi connectivity index (χ0) is 24.5. The number of methoxy groups -OCH3 is 1. The summed E-state index contributed by atoms with van der Waals surface area (Å²) in [5.74, 6) is 0.147. The van der Waals surface area contributed by atoms with Gasteiger partial charge in [0.15, 0.2) is 0 Å². The summed E-state index contributed by atoms with van der Waals surface area (Å²) in [6.07, 6.45) is -3.07. The number of hydrogen-bond acceptors (Lipinski definition) is 4. The molecule has 4 rings (SSSR count). The van der Waals surface area contributed by atoms with Gasteiger partial charge in [0.2, 0.25) is 0 Å². The molecule has 2 aromatic rings. The zero-order valence-corrected chi connectivity index (χ0v) is 19.4. The normalized spacial score (nSPS) is 19.9. The van der Waals surface area contributed by atoms with Crippen molar-refractivity contribution in [1.29, 1.82) is 5.26 Å². The van der Waals surface area contributed by atoms with E-state index in [2.05, 4.69) is 0 Å². The van der Waals surface area contributed by atoms with Gasteiger partial charge in [-0.15, -0.1) is 0 Å². The average Bonchev–Trinajstić information content (AvgIpc) is 3.16. The highest BCUT2D eigenvalue weighted by Crippen LogP contribution is 2.47. The highest BCUT2D eigenvalue weighted by atomic mass is 19.4. The number of benzene rings is 2. The van der Waals surface area contributed by atoms with Gasteiger partial charge in [0.25, 0.3) is 5.91 Å². The first-order chi connectivity index (χ1) is 16.2. The molecule has 2 fully saturated rings. The van der Waals surface area contributed by atoms with Crippen molar-refractivity contribution < 1.29 is 22.7 Å². The molecular weight excluding hydrogens is 443 g/mol. The number of rotatable bonds is 4. The van der Waals surface area contributed by atoms with Crippen molar-refractivity contribution in [2.24, 2.45) is 11.3 Å². The third kappa shape index (κ3) is 4.62. The summed E-state index contributed by atoms with van der Waals surface area (Å²) in [5, 5.41) is 9.10. The summed E-state index contributed by atoms with van der Waals surface area (Å²) in [5.41, 5.74) is 0.797. The molecular formula is C26H28F3N3O2. The Bertz CT molecular complexity index is 1080. The number of likely N-dealkylation sites (tertiary alicyclic amines) is 1. The fourth-order valence-corrected chi connectivity index (χ4v) is 5.32. The van der Waals surface area contributed by atoms with Crippen molar-refractivity contribution in [1.82, 2.24) is 4.90 Å². The lowest BCUT2D eigenvalue weighted by molar-refractivity contribution is -0.137. The number of nitriles is 1. The fourth-order valence-electron chi connectivity index (χ4n) is 5.32. The molecule has 1 amide bonds. The maximum absolute atomic E-state index is 13.5. The van der Waals surface area contributed by atoms with Crippen LogP contribution >= 0.6 is 0 Å². The van der Waals surface area contributed by atoms with Crippen LogP contribution in [0.4, 0.5) is 18.9 Å². The Balaban J connectivity index is 1.53. The Hall–Kier alpha value is -3.05. The molecule has 0 bridgehead atoms. The van der Waals surface area contributed by atoms with Crippen LogP contribution in [0.3, 0.4) is 0 Å². The number of ether oxygens (including phenoxy) is 1. The molecule has 2 saturated heterocycles. The second-order valence-corrected chi connectivity index (χ2v) is 9.39. The molecule has 0 aliphatic carbocycles. The van der Waals surface area contributed by atoms with Crippen LogP contribution in [0.25, 0.3) is 0 Å². The van der Waals surface area contributed by atoms with Crippen LogP contribution in [-0.2, 0) is 10.9 Å². The quantitative estimate of drug-likeness (QED) is 0.637. The minimum absolute atomic E-state index is 0.00917. The summed E-state index contributed by atoms with van der Waals surface area (Å²) in [4.78, 5) is 16.8. The standard InChI is InChI=1S/C26H28F3N3O2/c1-18-3-5-19(6-4-18)24(33)31-11-9-25(10-12-31)17-32(15-21(25)16-34-2)22-8-7-20(14-30)23(13-22)26(27,28)29/h3-8,13,21H,9-12,15-17H2,1-2H3. The summed E-state index contributed by atoms with van der Waals surface area (Å²) in [6, 6.07) is 13.1. The molecule has 1 atom stereocenters. The number of carbonyl (C=O) groups is 1. The molecule has 1 spiro atoms. The number of carbonyl (C=O) groups excluding carboxylic acids is 1. The van der Waals surface area contributed by atoms with Gasteiger partial charge in [-0.25, -0.2) is 0 Å². The lowest BCUT2D eigenvalue weighted by Gasteiger charge is -2.42. The van der Waals surface area contributed by atoms with E-state index in [9.17, 15) is 18.0 Å². The van der Waals surface area contributed by atoms with Crippen molar-refractivity contribution in [3.05, 3.63) is 64.7 Å². The van der Waals surface area contributed by atoms with Crippen LogP contribution < -0.4 is 4.90 Å². The predicted octanol–water partition coefficient (Wildman–Crippen LogP) is 4.89. The molecule has 0 saturated carbocycles. The molecule has 1 unspecified atom stereocenters. The van der Waals surface area contributed by atoms with E-state index in [1.165, 1.54) is 6.07 Å². The summed E-state index contributed by atoms with van der Waals surface area (Å²) < 4.78 is 46.0. The van der Waals surface area contributed by atoms with E-state index in [-0.39, 0.29) is 22.8 Å². The van der Waals surface area contributed by atoms with E-state index >= 15 is 0 Å². The lowest BCUT2D eigenvalue weighted by Crippen LogP contribution is -2.47. The van der Waals surface area contributed by atoms with E-state index < -0.39 is 11.7 Å². The van der Waals surface area contributed by atoms with Crippen molar-refractivity contribution in [2.75, 3.05) is 44.8 Å². The fraction of sp³-hybridized carbons (Fsp3) is 0.462. The van der Waals surface area contributed by atoms with Crippen molar-refractivity contribution in [3.63, 3.8) is 0 Å². The second kappa shape index (κ2) is 9.30. The third-order valence-electron chi connectivity index (χ3n) is 7.32. The minimum atomic E-state index is -4.59. The number of aryl methyl sites for hydroxylation is 1. The molecule has 2 aromatic carbocycles. The molecule has 8 heteroatoms. The number of nitrogens with zero attached hydrogens (tertiary/aromatic N) is 3. The number of anilines is 1. The lowest BCUT2D eigenvalue weighted by atomic mass is 9.71. The Morgan fingerprint density at radius 1 is 1.18 bits per heavy atom. The molecule has 5 nitrogen and oxygen atoms in total. The SMILES string of the molecule is COCC1CN(c2ccc(C#N)c(C(F)(F)F)c2)CC12CCN(C(=O)c1ccc(C)cc1)CC2. The number of halogens is 3. The summed E-state index contributed by atoms with van der Waals surface area (Å²) in [7, 11) is 1.63. The van der Waals surface area contributed by atoms with Gasteiger partial charge in [0.05, 0.1) is 23.8 Å². The monoisotopic (exact) mass is 471 g/mol. The third-order valence-corrected chi connectivity index (χ3v) is 7.32. The van der Waals surface area contributed by atoms with Crippen LogP contribution in [-0.4, -0.2) is 50.7 Å². The summed E-state index contributed by atoms with van der Waals surface area (Å²) in [6.45, 7) is 4.85. The largest absolute Gasteiger partial charge is 0.417 e. The van der Waals surface area contributed by atoms with Crippen molar-refractivity contribution in [3.8, 4) is 6.07 Å². The van der Waals surface area contributed by atoms with E-state index in [4.69, 9.17) is 10.00 Å². The summed E-state index contributed by atoms with van der Waals surface area (Å²) >= 11 is 0. The molecule has 34 heavy (non-hydrogen) atoms. The molecule has 180 valence electrons. The van der Waals surface area contributed by atoms with Gasteiger partial charge >= 0.3 is 6.18 Å². The Morgan fingerprint density at radius 2 is 1.85 bits per heavy atom. The van der Waals surface area contributed by atoms with Gasteiger partial charge in [-0.3, -0.25) is 4.79 Å². The Morgan fingerprint density at radius 3 is 2.44 bits per heavy atom. The Labute approximate surface area is 197 Å². The van der Waals surface area contributed by atoms with Crippen LogP contribution in [0.2, 0.25) is 0 Å².